The molecule has 0 bridgehead atoms. The topological polar surface area (TPSA) is 152 Å². The summed E-state index contributed by atoms with van der Waals surface area (Å²) in [7, 11) is -9.77. The summed E-state index contributed by atoms with van der Waals surface area (Å²) in [6.45, 7) is 0. The zero-order valence-corrected chi connectivity index (χ0v) is 18.1. The second-order valence-electron chi connectivity index (χ2n) is 6.95. The fraction of sp³-hybridized carbons (Fsp3) is 0. The SMILES string of the molecule is O=C(OC(=O)c1c(S(=O)(=O)O)ccc2ccccc12)c1c(S(=O)(=O)O)ccc2ccccc12. The first-order chi connectivity index (χ1) is 15.5. The van der Waals surface area contributed by atoms with Gasteiger partial charge >= 0.3 is 11.9 Å². The van der Waals surface area contributed by atoms with Crippen molar-refractivity contribution in [2.75, 3.05) is 0 Å². The number of carbonyl (C=O) groups excluding carboxylic acids is 2. The van der Waals surface area contributed by atoms with Gasteiger partial charge in [0.2, 0.25) is 0 Å². The summed E-state index contributed by atoms with van der Waals surface area (Å²) in [6.07, 6.45) is 0. The molecule has 11 heteroatoms. The van der Waals surface area contributed by atoms with Crippen molar-refractivity contribution in [1.82, 2.24) is 0 Å². The van der Waals surface area contributed by atoms with Crippen LogP contribution in [0, 0.1) is 0 Å². The molecule has 0 saturated heterocycles. The molecule has 33 heavy (non-hydrogen) atoms. The predicted octanol–water partition coefficient (Wildman–Crippen LogP) is 3.48. The molecule has 0 unspecified atom stereocenters. The second kappa shape index (κ2) is 8.05. The van der Waals surface area contributed by atoms with Gasteiger partial charge in [-0.25, -0.2) is 9.59 Å². The van der Waals surface area contributed by atoms with Crippen LogP contribution < -0.4 is 0 Å². The fourth-order valence-electron chi connectivity index (χ4n) is 3.54. The van der Waals surface area contributed by atoms with Crippen LogP contribution in [0.3, 0.4) is 0 Å². The van der Waals surface area contributed by atoms with Gasteiger partial charge in [-0.1, -0.05) is 60.7 Å². The number of hydrogen-bond donors (Lipinski definition) is 2. The zero-order chi connectivity index (χ0) is 24.0. The molecular weight excluding hydrogens is 472 g/mol. The standard InChI is InChI=1S/C22H14O9S2/c23-21(19-15-7-3-1-5-13(15)9-11-17(19)32(25,26)27)31-22(24)20-16-8-4-2-6-14(16)10-12-18(20)33(28,29)30/h1-12H,(H,25,26,27)(H,28,29,30). The number of rotatable bonds is 4. The van der Waals surface area contributed by atoms with Crippen LogP contribution in [0.1, 0.15) is 20.7 Å². The molecule has 4 aromatic carbocycles. The third-order valence-electron chi connectivity index (χ3n) is 4.93. The smallest absolute Gasteiger partial charge is 0.348 e. The Balaban J connectivity index is 1.89. The summed E-state index contributed by atoms with van der Waals surface area (Å²) in [5.74, 6) is -2.86. The Morgan fingerprint density at radius 3 is 1.30 bits per heavy atom. The van der Waals surface area contributed by atoms with E-state index in [0.29, 0.717) is 10.8 Å². The minimum absolute atomic E-state index is 0.0818. The largest absolute Gasteiger partial charge is 0.386 e. The maximum absolute atomic E-state index is 13.0. The minimum Gasteiger partial charge on any atom is -0.386 e. The van der Waals surface area contributed by atoms with Crippen molar-refractivity contribution in [2.45, 2.75) is 9.79 Å². The third kappa shape index (κ3) is 4.22. The minimum atomic E-state index is -4.88. The Morgan fingerprint density at radius 1 is 0.576 bits per heavy atom. The highest BCUT2D eigenvalue weighted by Gasteiger charge is 2.30. The van der Waals surface area contributed by atoms with E-state index in [1.807, 2.05) is 0 Å². The van der Waals surface area contributed by atoms with Crippen LogP contribution in [0.15, 0.2) is 82.6 Å². The van der Waals surface area contributed by atoms with E-state index in [-0.39, 0.29) is 10.8 Å². The molecule has 0 spiro atoms. The normalized spacial score (nSPS) is 12.1. The molecule has 2 N–H and O–H groups in total. The van der Waals surface area contributed by atoms with Gasteiger partial charge in [-0.05, 0) is 33.7 Å². The highest BCUT2D eigenvalue weighted by molar-refractivity contribution is 7.86. The van der Waals surface area contributed by atoms with E-state index in [4.69, 9.17) is 4.74 Å². The van der Waals surface area contributed by atoms with Gasteiger partial charge in [-0.3, -0.25) is 9.11 Å². The van der Waals surface area contributed by atoms with Gasteiger partial charge < -0.3 is 4.74 Å². The molecule has 0 heterocycles. The number of carbonyl (C=O) groups is 2. The molecule has 4 aromatic rings. The molecule has 9 nitrogen and oxygen atoms in total. The summed E-state index contributed by atoms with van der Waals surface area (Å²) < 4.78 is 71.5. The Bertz CT molecular complexity index is 1550. The summed E-state index contributed by atoms with van der Waals surface area (Å²) >= 11 is 0. The van der Waals surface area contributed by atoms with Crippen molar-refractivity contribution in [1.29, 1.82) is 0 Å². The van der Waals surface area contributed by atoms with E-state index < -0.39 is 53.1 Å². The molecule has 0 atom stereocenters. The molecule has 0 amide bonds. The Kier molecular flexibility index (Phi) is 5.50. The highest BCUT2D eigenvalue weighted by Crippen LogP contribution is 2.29. The summed E-state index contributed by atoms with van der Waals surface area (Å²) in [4.78, 5) is 24.4. The Morgan fingerprint density at radius 2 is 0.939 bits per heavy atom. The van der Waals surface area contributed by atoms with E-state index in [1.165, 1.54) is 36.4 Å². The Labute approximate surface area is 187 Å². The van der Waals surface area contributed by atoms with E-state index in [0.717, 1.165) is 12.1 Å². The first-order valence-electron chi connectivity index (χ1n) is 9.23. The van der Waals surface area contributed by atoms with Gasteiger partial charge in [0.15, 0.2) is 0 Å². The van der Waals surface area contributed by atoms with Gasteiger partial charge in [-0.2, -0.15) is 16.8 Å². The third-order valence-corrected chi connectivity index (χ3v) is 6.72. The summed E-state index contributed by atoms with van der Waals surface area (Å²) in [6, 6.07) is 16.9. The van der Waals surface area contributed by atoms with Gasteiger partial charge in [0.1, 0.15) is 9.79 Å². The molecule has 4 rings (SSSR count). The average Bonchev–Trinajstić information content (AvgIpc) is 2.76. The van der Waals surface area contributed by atoms with Crippen molar-refractivity contribution < 1.29 is 40.3 Å². The zero-order valence-electron chi connectivity index (χ0n) is 16.5. The van der Waals surface area contributed by atoms with Crippen LogP contribution in [0.2, 0.25) is 0 Å². The Hall–Kier alpha value is -3.64. The van der Waals surface area contributed by atoms with E-state index >= 15 is 0 Å². The predicted molar refractivity (Wildman–Crippen MR) is 117 cm³/mol. The van der Waals surface area contributed by atoms with Gasteiger partial charge in [-0.15, -0.1) is 0 Å². The molecule has 0 aliphatic heterocycles. The van der Waals surface area contributed by atoms with Crippen molar-refractivity contribution in [3.05, 3.63) is 83.9 Å². The van der Waals surface area contributed by atoms with Gasteiger partial charge in [0.05, 0.1) is 11.1 Å². The van der Waals surface area contributed by atoms with Crippen LogP contribution in [0.5, 0.6) is 0 Å². The van der Waals surface area contributed by atoms with Crippen LogP contribution in [-0.4, -0.2) is 37.9 Å². The number of ether oxygens (including phenoxy) is 1. The maximum atomic E-state index is 13.0. The van der Waals surface area contributed by atoms with Gasteiger partial charge in [0, 0.05) is 0 Å². The number of hydrogen-bond acceptors (Lipinski definition) is 7. The number of benzene rings is 4. The molecule has 0 aliphatic carbocycles. The van der Waals surface area contributed by atoms with E-state index in [2.05, 4.69) is 0 Å². The highest BCUT2D eigenvalue weighted by atomic mass is 32.2. The van der Waals surface area contributed by atoms with Crippen LogP contribution in [-0.2, 0) is 25.0 Å². The van der Waals surface area contributed by atoms with E-state index in [1.54, 1.807) is 24.3 Å². The lowest BCUT2D eigenvalue weighted by atomic mass is 10.0. The fourth-order valence-corrected chi connectivity index (χ4v) is 4.92. The molecule has 0 saturated carbocycles. The van der Waals surface area contributed by atoms with Crippen molar-refractivity contribution in [3.8, 4) is 0 Å². The number of esters is 2. The average molecular weight is 486 g/mol. The number of fused-ring (bicyclic) bond motifs is 2. The van der Waals surface area contributed by atoms with Crippen LogP contribution in [0.4, 0.5) is 0 Å². The lowest BCUT2D eigenvalue weighted by Crippen LogP contribution is -2.19. The second-order valence-corrected chi connectivity index (χ2v) is 9.73. The molecular formula is C22H14O9S2. The quantitative estimate of drug-likeness (QED) is 0.251. The van der Waals surface area contributed by atoms with Crippen molar-refractivity contribution in [3.63, 3.8) is 0 Å². The monoisotopic (exact) mass is 486 g/mol. The first kappa shape index (κ1) is 22.6. The van der Waals surface area contributed by atoms with Crippen molar-refractivity contribution in [2.24, 2.45) is 0 Å². The van der Waals surface area contributed by atoms with Crippen LogP contribution in [0.25, 0.3) is 21.5 Å². The molecule has 0 radical (unpaired) electrons. The van der Waals surface area contributed by atoms with Crippen LogP contribution >= 0.6 is 0 Å². The molecule has 0 aliphatic rings. The first-order valence-corrected chi connectivity index (χ1v) is 12.1. The van der Waals surface area contributed by atoms with Crippen molar-refractivity contribution >= 4 is 53.7 Å². The maximum Gasteiger partial charge on any atom is 0.348 e. The molecule has 0 fully saturated rings. The van der Waals surface area contributed by atoms with Gasteiger partial charge in [0.25, 0.3) is 20.2 Å². The summed E-state index contributed by atoms with van der Waals surface area (Å²) in [5, 5.41) is 1.01. The van der Waals surface area contributed by atoms with E-state index in [9.17, 15) is 35.5 Å². The summed E-state index contributed by atoms with van der Waals surface area (Å²) in [5.41, 5.74) is -1.20. The molecule has 168 valence electrons. The lowest BCUT2D eigenvalue weighted by molar-refractivity contribution is 0.0394. The lowest BCUT2D eigenvalue weighted by Gasteiger charge is -2.13. The molecule has 0 aromatic heterocycles.